The number of amides is 1. The maximum absolute atomic E-state index is 11.8. The first kappa shape index (κ1) is 18.4. The van der Waals surface area contributed by atoms with Crippen LogP contribution in [0.25, 0.3) is 0 Å². The summed E-state index contributed by atoms with van der Waals surface area (Å²) in [6.45, 7) is 4.53. The molecule has 0 atom stereocenters. The summed E-state index contributed by atoms with van der Waals surface area (Å²) in [7, 11) is 3.84. The predicted octanol–water partition coefficient (Wildman–Crippen LogP) is 0.557. The van der Waals surface area contributed by atoms with Gasteiger partial charge in [0.05, 0.1) is 0 Å². The third-order valence-electron chi connectivity index (χ3n) is 3.13. The van der Waals surface area contributed by atoms with E-state index in [4.69, 9.17) is 4.74 Å². The molecule has 25 heavy (non-hydrogen) atoms. The lowest BCUT2D eigenvalue weighted by atomic mass is 10.4. The summed E-state index contributed by atoms with van der Waals surface area (Å²) >= 11 is 0. The van der Waals surface area contributed by atoms with Gasteiger partial charge in [-0.05, 0) is 19.9 Å². The second-order valence-electron chi connectivity index (χ2n) is 5.63. The number of nitrogens with zero attached hydrogens (tertiary/aromatic N) is 5. The quantitative estimate of drug-likeness (QED) is 0.669. The Morgan fingerprint density at radius 1 is 1.16 bits per heavy atom. The summed E-state index contributed by atoms with van der Waals surface area (Å²) in [6, 6.07) is 3.85. The highest BCUT2D eigenvalue weighted by molar-refractivity contribution is 5.77. The number of hydrogen-bond acceptors (Lipinski definition) is 8. The van der Waals surface area contributed by atoms with Gasteiger partial charge in [-0.3, -0.25) is 4.79 Å². The van der Waals surface area contributed by atoms with Gasteiger partial charge in [-0.15, -0.1) is 0 Å². The van der Waals surface area contributed by atoms with Crippen molar-refractivity contribution in [2.24, 2.45) is 0 Å². The Labute approximate surface area is 146 Å². The summed E-state index contributed by atoms with van der Waals surface area (Å²) in [5.41, 5.74) is 1.65. The first-order chi connectivity index (χ1) is 11.9. The molecule has 2 aromatic heterocycles. The van der Waals surface area contributed by atoms with Crippen LogP contribution >= 0.6 is 0 Å². The van der Waals surface area contributed by atoms with E-state index in [-0.39, 0.29) is 18.5 Å². The number of anilines is 2. The molecule has 2 aromatic rings. The van der Waals surface area contributed by atoms with Crippen LogP contribution in [-0.2, 0) is 4.79 Å². The molecule has 0 saturated heterocycles. The SMILES string of the molecule is Cc1cc(N(C)C)nc(NCCNC(=O)COc2nccc(C)n2)n1. The van der Waals surface area contributed by atoms with Crippen LogP contribution < -0.4 is 20.3 Å². The molecule has 0 bridgehead atoms. The Bertz CT molecular complexity index is 721. The van der Waals surface area contributed by atoms with Gasteiger partial charge in [-0.1, -0.05) is 0 Å². The third-order valence-corrected chi connectivity index (χ3v) is 3.13. The second-order valence-corrected chi connectivity index (χ2v) is 5.63. The van der Waals surface area contributed by atoms with Crippen LogP contribution in [0.4, 0.5) is 11.8 Å². The highest BCUT2D eigenvalue weighted by atomic mass is 16.5. The second kappa shape index (κ2) is 8.76. The number of aromatic nitrogens is 4. The van der Waals surface area contributed by atoms with Crippen molar-refractivity contribution >= 4 is 17.7 Å². The molecule has 0 aliphatic heterocycles. The molecule has 0 aromatic carbocycles. The van der Waals surface area contributed by atoms with E-state index in [1.165, 1.54) is 0 Å². The van der Waals surface area contributed by atoms with E-state index < -0.39 is 0 Å². The number of aryl methyl sites for hydroxylation is 2. The van der Waals surface area contributed by atoms with Gasteiger partial charge < -0.3 is 20.3 Å². The zero-order chi connectivity index (χ0) is 18.2. The average molecular weight is 345 g/mol. The topological polar surface area (TPSA) is 105 Å². The number of carbonyl (C=O) groups is 1. The highest BCUT2D eigenvalue weighted by Gasteiger charge is 2.06. The van der Waals surface area contributed by atoms with E-state index in [0.717, 1.165) is 17.2 Å². The average Bonchev–Trinajstić information content (AvgIpc) is 2.56. The molecule has 0 aliphatic rings. The minimum atomic E-state index is -0.244. The molecule has 0 unspecified atom stereocenters. The van der Waals surface area contributed by atoms with Gasteiger partial charge in [0.1, 0.15) is 5.82 Å². The highest BCUT2D eigenvalue weighted by Crippen LogP contribution is 2.11. The minimum absolute atomic E-state index is 0.130. The van der Waals surface area contributed by atoms with Gasteiger partial charge in [0.25, 0.3) is 5.91 Å². The van der Waals surface area contributed by atoms with Gasteiger partial charge in [0, 0.05) is 50.8 Å². The Hall–Kier alpha value is -2.97. The van der Waals surface area contributed by atoms with E-state index in [1.807, 2.05) is 38.9 Å². The Kier molecular flexibility index (Phi) is 6.44. The summed E-state index contributed by atoms with van der Waals surface area (Å²) in [4.78, 5) is 30.4. The van der Waals surface area contributed by atoms with Gasteiger partial charge in [-0.25, -0.2) is 15.0 Å². The van der Waals surface area contributed by atoms with Crippen molar-refractivity contribution in [2.45, 2.75) is 13.8 Å². The lowest BCUT2D eigenvalue weighted by Gasteiger charge is -2.14. The van der Waals surface area contributed by atoms with Crippen molar-refractivity contribution in [3.8, 4) is 6.01 Å². The van der Waals surface area contributed by atoms with Crippen LogP contribution in [0, 0.1) is 13.8 Å². The van der Waals surface area contributed by atoms with Crippen LogP contribution in [0.3, 0.4) is 0 Å². The Morgan fingerprint density at radius 2 is 1.96 bits per heavy atom. The Balaban J connectivity index is 1.71. The molecule has 0 saturated carbocycles. The van der Waals surface area contributed by atoms with Crippen molar-refractivity contribution in [1.29, 1.82) is 0 Å². The molecular weight excluding hydrogens is 322 g/mol. The number of rotatable bonds is 8. The molecular formula is C16H23N7O2. The lowest BCUT2D eigenvalue weighted by molar-refractivity contribution is -0.123. The largest absolute Gasteiger partial charge is 0.453 e. The van der Waals surface area contributed by atoms with E-state index >= 15 is 0 Å². The van der Waals surface area contributed by atoms with Crippen molar-refractivity contribution in [1.82, 2.24) is 25.3 Å². The predicted molar refractivity (Wildman–Crippen MR) is 94.9 cm³/mol. The number of carbonyl (C=O) groups excluding carboxylic acids is 1. The fourth-order valence-corrected chi connectivity index (χ4v) is 1.91. The van der Waals surface area contributed by atoms with E-state index in [2.05, 4.69) is 30.6 Å². The first-order valence-corrected chi connectivity index (χ1v) is 7.90. The molecule has 134 valence electrons. The monoisotopic (exact) mass is 345 g/mol. The Morgan fingerprint density at radius 3 is 2.68 bits per heavy atom. The van der Waals surface area contributed by atoms with Gasteiger partial charge >= 0.3 is 6.01 Å². The third kappa shape index (κ3) is 6.21. The smallest absolute Gasteiger partial charge is 0.317 e. The zero-order valence-electron chi connectivity index (χ0n) is 14.9. The lowest BCUT2D eigenvalue weighted by Crippen LogP contribution is -2.33. The molecule has 0 aliphatic carbocycles. The minimum Gasteiger partial charge on any atom is -0.453 e. The fraction of sp³-hybridized carbons (Fsp3) is 0.438. The number of nitrogens with one attached hydrogen (secondary N) is 2. The van der Waals surface area contributed by atoms with Crippen LogP contribution in [0.5, 0.6) is 6.01 Å². The van der Waals surface area contributed by atoms with Gasteiger partial charge in [0.2, 0.25) is 5.95 Å². The molecule has 2 heterocycles. The summed E-state index contributed by atoms with van der Waals surface area (Å²) in [6.07, 6.45) is 1.59. The van der Waals surface area contributed by atoms with Crippen LogP contribution in [0.15, 0.2) is 18.3 Å². The van der Waals surface area contributed by atoms with Crippen molar-refractivity contribution < 1.29 is 9.53 Å². The van der Waals surface area contributed by atoms with Crippen LogP contribution in [-0.4, -0.2) is 59.6 Å². The van der Waals surface area contributed by atoms with Crippen LogP contribution in [0.2, 0.25) is 0 Å². The molecule has 1 amide bonds. The summed E-state index contributed by atoms with van der Waals surface area (Å²) in [5.74, 6) is 1.11. The molecule has 2 N–H and O–H groups in total. The van der Waals surface area contributed by atoms with Gasteiger partial charge in [-0.2, -0.15) is 4.98 Å². The molecule has 9 nitrogen and oxygen atoms in total. The zero-order valence-corrected chi connectivity index (χ0v) is 14.9. The standard InChI is InChI=1S/C16H23N7O2/c1-11-5-6-19-16(21-11)25-10-14(24)17-7-8-18-15-20-12(2)9-13(22-15)23(3)4/h5-6,9H,7-8,10H2,1-4H3,(H,17,24)(H,18,20,22). The number of hydrogen-bond donors (Lipinski definition) is 2. The molecule has 0 radical (unpaired) electrons. The summed E-state index contributed by atoms with van der Waals surface area (Å²) < 4.78 is 5.24. The van der Waals surface area contributed by atoms with E-state index in [1.54, 1.807) is 12.3 Å². The maximum Gasteiger partial charge on any atom is 0.317 e. The van der Waals surface area contributed by atoms with E-state index in [9.17, 15) is 4.79 Å². The molecule has 2 rings (SSSR count). The molecule has 0 fully saturated rings. The van der Waals surface area contributed by atoms with Crippen LogP contribution in [0.1, 0.15) is 11.4 Å². The van der Waals surface area contributed by atoms with E-state index in [0.29, 0.717) is 19.0 Å². The maximum atomic E-state index is 11.8. The molecule has 0 spiro atoms. The van der Waals surface area contributed by atoms with Crippen molar-refractivity contribution in [3.05, 3.63) is 29.7 Å². The molecule has 9 heteroatoms. The summed E-state index contributed by atoms with van der Waals surface area (Å²) in [5, 5.41) is 5.83. The fourth-order valence-electron chi connectivity index (χ4n) is 1.91. The van der Waals surface area contributed by atoms with Crippen molar-refractivity contribution in [2.75, 3.05) is 44.0 Å². The van der Waals surface area contributed by atoms with Gasteiger partial charge in [0.15, 0.2) is 6.61 Å². The van der Waals surface area contributed by atoms with Crippen molar-refractivity contribution in [3.63, 3.8) is 0 Å². The normalized spacial score (nSPS) is 10.2. The first-order valence-electron chi connectivity index (χ1n) is 7.90. The number of ether oxygens (including phenoxy) is 1.